The molecule has 0 aromatic rings. The zero-order valence-corrected chi connectivity index (χ0v) is 25.3. The fraction of sp³-hybridized carbons (Fsp3) is 0.926. The second kappa shape index (κ2) is 16.3. The van der Waals surface area contributed by atoms with E-state index in [2.05, 4.69) is 0 Å². The number of aliphatic hydroxyl groups excluding tert-OH is 7. The Kier molecular flexibility index (Phi) is 13.7. The molecule has 0 radical (unpaired) electrons. The number of esters is 2. The van der Waals surface area contributed by atoms with E-state index in [1.807, 2.05) is 0 Å². The predicted octanol–water partition coefficient (Wildman–Crippen LogP) is -3.48. The van der Waals surface area contributed by atoms with Gasteiger partial charge in [0.2, 0.25) is 0 Å². The van der Waals surface area contributed by atoms with Crippen LogP contribution in [0.5, 0.6) is 0 Å². The lowest BCUT2D eigenvalue weighted by Gasteiger charge is -2.26. The van der Waals surface area contributed by atoms with Crippen molar-refractivity contribution in [3.8, 4) is 0 Å². The highest BCUT2D eigenvalue weighted by molar-refractivity contribution is 5.73. The van der Waals surface area contributed by atoms with Crippen molar-refractivity contribution in [1.82, 2.24) is 0 Å². The van der Waals surface area contributed by atoms with Crippen molar-refractivity contribution in [2.75, 3.05) is 26.9 Å². The van der Waals surface area contributed by atoms with Gasteiger partial charge in [-0.15, -0.1) is 0 Å². The second-order valence-electron chi connectivity index (χ2n) is 11.3. The average Bonchev–Trinajstić information content (AvgIpc) is 3.57. The monoisotopic (exact) mass is 642 g/mol. The van der Waals surface area contributed by atoms with Gasteiger partial charge in [-0.2, -0.15) is 0 Å². The van der Waals surface area contributed by atoms with E-state index in [9.17, 15) is 45.3 Å². The van der Waals surface area contributed by atoms with Gasteiger partial charge in [0.15, 0.2) is 18.9 Å². The van der Waals surface area contributed by atoms with Crippen molar-refractivity contribution in [3.63, 3.8) is 0 Å². The Morgan fingerprint density at radius 3 is 1.70 bits per heavy atom. The summed E-state index contributed by atoms with van der Waals surface area (Å²) in [4.78, 5) is 24.2. The molecule has 16 atom stereocenters. The van der Waals surface area contributed by atoms with Gasteiger partial charge in [0.05, 0.1) is 30.7 Å². The molecule has 0 bridgehead atoms. The summed E-state index contributed by atoms with van der Waals surface area (Å²) in [5.74, 6) is -3.08. The number of rotatable bonds is 15. The van der Waals surface area contributed by atoms with Gasteiger partial charge in [0.25, 0.3) is 0 Å². The van der Waals surface area contributed by atoms with Crippen LogP contribution in [-0.4, -0.2) is 161 Å². The van der Waals surface area contributed by atoms with E-state index in [4.69, 9.17) is 37.9 Å². The number of ether oxygens (including phenoxy) is 8. The lowest BCUT2D eigenvalue weighted by molar-refractivity contribution is -0.228. The summed E-state index contributed by atoms with van der Waals surface area (Å²) in [5.41, 5.74) is 0. The first-order chi connectivity index (χ1) is 20.7. The number of methoxy groups -OCH3 is 1. The van der Waals surface area contributed by atoms with E-state index >= 15 is 0 Å². The van der Waals surface area contributed by atoms with Gasteiger partial charge >= 0.3 is 11.9 Å². The number of aliphatic hydroxyl groups is 7. The molecule has 0 aliphatic carbocycles. The second-order valence-corrected chi connectivity index (χ2v) is 11.3. The Morgan fingerprint density at radius 2 is 1.18 bits per heavy atom. The van der Waals surface area contributed by atoms with Crippen LogP contribution in [-0.2, 0) is 47.5 Å². The Hall–Kier alpha value is -1.58. The molecule has 0 aromatic heterocycles. The summed E-state index contributed by atoms with van der Waals surface area (Å²) >= 11 is 0. The first-order valence-electron chi connectivity index (χ1n) is 14.6. The van der Waals surface area contributed by atoms with Crippen LogP contribution in [0.25, 0.3) is 0 Å². The van der Waals surface area contributed by atoms with E-state index in [0.29, 0.717) is 6.42 Å². The van der Waals surface area contributed by atoms with Crippen LogP contribution in [0.3, 0.4) is 0 Å². The van der Waals surface area contributed by atoms with Gasteiger partial charge in [0, 0.05) is 7.11 Å². The third-order valence-corrected chi connectivity index (χ3v) is 8.12. The number of carbonyl (C=O) groups is 2. The van der Waals surface area contributed by atoms with Gasteiger partial charge in [-0.1, -0.05) is 6.92 Å². The molecular weight excluding hydrogens is 596 g/mol. The topological polar surface area (TPSA) is 250 Å². The maximum absolute atomic E-state index is 12.2. The Bertz CT molecular complexity index is 921. The van der Waals surface area contributed by atoms with Gasteiger partial charge in [-0.3, -0.25) is 9.59 Å². The quantitative estimate of drug-likeness (QED) is 0.0857. The predicted molar refractivity (Wildman–Crippen MR) is 142 cm³/mol. The Balaban J connectivity index is 1.56. The van der Waals surface area contributed by atoms with Gasteiger partial charge < -0.3 is 73.6 Å². The molecule has 17 nitrogen and oxygen atoms in total. The summed E-state index contributed by atoms with van der Waals surface area (Å²) in [7, 11) is 1.27. The summed E-state index contributed by atoms with van der Waals surface area (Å²) in [6, 6.07) is 0. The fourth-order valence-electron chi connectivity index (χ4n) is 4.80. The largest absolute Gasteiger partial charge is 0.463 e. The molecule has 0 aromatic carbocycles. The maximum Gasteiger partial charge on any atom is 0.311 e. The van der Waals surface area contributed by atoms with Crippen molar-refractivity contribution in [1.29, 1.82) is 0 Å². The normalized spacial score (nSPS) is 40.0. The van der Waals surface area contributed by atoms with E-state index in [1.165, 1.54) is 27.9 Å². The third kappa shape index (κ3) is 8.61. The number of carbonyl (C=O) groups excluding carboxylic acids is 2. The van der Waals surface area contributed by atoms with E-state index in [1.54, 1.807) is 6.92 Å². The molecule has 3 aliphatic rings. The van der Waals surface area contributed by atoms with Gasteiger partial charge in [-0.05, 0) is 27.2 Å². The van der Waals surface area contributed by atoms with Crippen LogP contribution in [0.2, 0.25) is 0 Å². The first-order valence-corrected chi connectivity index (χ1v) is 14.6. The highest BCUT2D eigenvalue weighted by Gasteiger charge is 2.52. The van der Waals surface area contributed by atoms with Crippen molar-refractivity contribution in [3.05, 3.63) is 0 Å². The molecule has 3 rings (SSSR count). The average molecular weight is 643 g/mol. The Morgan fingerprint density at radius 1 is 0.682 bits per heavy atom. The third-order valence-electron chi connectivity index (χ3n) is 8.12. The highest BCUT2D eigenvalue weighted by Crippen LogP contribution is 2.32. The highest BCUT2D eigenvalue weighted by atomic mass is 16.8. The standard InChI is InChI=1S/C27H46O17/c1-6-13(29)11(3)24(36)39-8-15-18(31)20(33)27(42-15)44-22-16(43-25(37-5)21(22)34)9-40-26-19(32)17(30)14(41-26)7-38-23(35)10(2)12(4)28/h10-22,25-34H,6-9H2,1-5H3/t10-,11-,12-,13-,14-,15-,16-,17?,18?,19?,20?,21?,22?,25+,26+,27-/m1/s1. The minimum absolute atomic E-state index is 0.333. The number of hydrogen-bond acceptors (Lipinski definition) is 17. The zero-order valence-electron chi connectivity index (χ0n) is 25.3. The van der Waals surface area contributed by atoms with Gasteiger partial charge in [0.1, 0.15) is 68.1 Å². The molecule has 0 saturated carbocycles. The molecule has 44 heavy (non-hydrogen) atoms. The van der Waals surface area contributed by atoms with Gasteiger partial charge in [-0.25, -0.2) is 0 Å². The molecule has 0 amide bonds. The van der Waals surface area contributed by atoms with Crippen molar-refractivity contribution in [2.24, 2.45) is 11.8 Å². The molecule has 7 N–H and O–H groups in total. The lowest BCUT2D eigenvalue weighted by Crippen LogP contribution is -2.44. The SMILES string of the molecule is CC[C@@H](O)[C@@H](C)C(=O)OC[C@H]1O[C@H](OC2C(O)[C@@H](OC)O[C@@H]2CO[C@H]2O[C@H](COC(=O)[C@H](C)[C@@H](C)O)C(O)C2O)C(O)C1O. The molecule has 3 saturated heterocycles. The van der Waals surface area contributed by atoms with Crippen LogP contribution in [0.1, 0.15) is 34.1 Å². The van der Waals surface area contributed by atoms with Crippen LogP contribution in [0.4, 0.5) is 0 Å². The summed E-state index contributed by atoms with van der Waals surface area (Å²) in [6.07, 6.45) is -17.9. The summed E-state index contributed by atoms with van der Waals surface area (Å²) < 4.78 is 43.4. The van der Waals surface area contributed by atoms with Crippen LogP contribution in [0.15, 0.2) is 0 Å². The van der Waals surface area contributed by atoms with E-state index in [-0.39, 0.29) is 6.61 Å². The first kappa shape index (κ1) is 36.9. The van der Waals surface area contributed by atoms with Crippen LogP contribution < -0.4 is 0 Å². The zero-order chi connectivity index (χ0) is 32.9. The molecule has 0 spiro atoms. The molecule has 3 heterocycles. The Labute approximate surface area is 254 Å². The van der Waals surface area contributed by atoms with Crippen molar-refractivity contribution < 1.29 is 83.2 Å². The molecule has 17 heteroatoms. The lowest BCUT2D eigenvalue weighted by atomic mass is 10.0. The van der Waals surface area contributed by atoms with Crippen LogP contribution in [0, 0.1) is 11.8 Å². The molecule has 256 valence electrons. The molecule has 3 aliphatic heterocycles. The maximum atomic E-state index is 12.2. The number of hydrogen-bond donors (Lipinski definition) is 7. The molecular formula is C27H46O17. The summed E-state index contributed by atoms with van der Waals surface area (Å²) in [6.45, 7) is 4.84. The van der Waals surface area contributed by atoms with Crippen molar-refractivity contribution in [2.45, 2.75) is 120 Å². The minimum Gasteiger partial charge on any atom is -0.463 e. The minimum atomic E-state index is -1.61. The van der Waals surface area contributed by atoms with E-state index in [0.717, 1.165) is 0 Å². The summed E-state index contributed by atoms with van der Waals surface area (Å²) in [5, 5.41) is 71.9. The van der Waals surface area contributed by atoms with E-state index < -0.39 is 123 Å². The fourth-order valence-corrected chi connectivity index (χ4v) is 4.80. The molecule has 3 fully saturated rings. The van der Waals surface area contributed by atoms with Crippen LogP contribution >= 0.6 is 0 Å². The molecule has 6 unspecified atom stereocenters. The van der Waals surface area contributed by atoms with Crippen molar-refractivity contribution >= 4 is 11.9 Å². The smallest absolute Gasteiger partial charge is 0.311 e.